The Labute approximate surface area is 146 Å². The molecule has 2 aromatic carbocycles. The van der Waals surface area contributed by atoms with E-state index in [1.54, 1.807) is 36.7 Å². The van der Waals surface area contributed by atoms with Crippen molar-refractivity contribution >= 4 is 5.91 Å². The van der Waals surface area contributed by atoms with Crippen molar-refractivity contribution in [1.82, 2.24) is 10.3 Å². The van der Waals surface area contributed by atoms with E-state index in [9.17, 15) is 9.18 Å². The number of aromatic nitrogens is 1. The lowest BCUT2D eigenvalue weighted by Gasteiger charge is -2.15. The van der Waals surface area contributed by atoms with Crippen molar-refractivity contribution in [1.29, 1.82) is 0 Å². The maximum absolute atomic E-state index is 14.4. The molecule has 4 heteroatoms. The Morgan fingerprint density at radius 3 is 2.36 bits per heavy atom. The zero-order valence-corrected chi connectivity index (χ0v) is 14.2. The molecule has 0 saturated carbocycles. The molecule has 1 amide bonds. The fourth-order valence-corrected chi connectivity index (χ4v) is 2.64. The highest BCUT2D eigenvalue weighted by atomic mass is 19.1. The van der Waals surface area contributed by atoms with Crippen LogP contribution in [0.2, 0.25) is 0 Å². The van der Waals surface area contributed by atoms with Crippen LogP contribution >= 0.6 is 0 Å². The molecule has 0 radical (unpaired) electrons. The van der Waals surface area contributed by atoms with Crippen LogP contribution in [0.15, 0.2) is 67.0 Å². The van der Waals surface area contributed by atoms with Crippen LogP contribution in [-0.2, 0) is 0 Å². The molecular weight excluding hydrogens is 315 g/mol. The first kappa shape index (κ1) is 16.8. The summed E-state index contributed by atoms with van der Waals surface area (Å²) in [7, 11) is 0. The number of hydrogen-bond donors (Lipinski definition) is 1. The van der Waals surface area contributed by atoms with Gasteiger partial charge in [0.15, 0.2) is 0 Å². The van der Waals surface area contributed by atoms with Crippen LogP contribution in [0.5, 0.6) is 0 Å². The summed E-state index contributed by atoms with van der Waals surface area (Å²) >= 11 is 0. The normalized spacial score (nSPS) is 11.8. The number of hydrogen-bond acceptors (Lipinski definition) is 2. The van der Waals surface area contributed by atoms with Gasteiger partial charge in [-0.2, -0.15) is 0 Å². The van der Waals surface area contributed by atoms with Crippen LogP contribution in [0.3, 0.4) is 0 Å². The van der Waals surface area contributed by atoms with E-state index in [1.807, 2.05) is 38.1 Å². The molecule has 3 rings (SSSR count). The van der Waals surface area contributed by atoms with Crippen molar-refractivity contribution in [2.75, 3.05) is 0 Å². The number of aryl methyl sites for hydroxylation is 1. The monoisotopic (exact) mass is 334 g/mol. The van der Waals surface area contributed by atoms with E-state index in [1.165, 1.54) is 6.07 Å². The van der Waals surface area contributed by atoms with Crippen LogP contribution in [-0.4, -0.2) is 10.9 Å². The number of benzene rings is 2. The molecule has 1 aromatic heterocycles. The Morgan fingerprint density at radius 2 is 1.72 bits per heavy atom. The second-order valence-electron chi connectivity index (χ2n) is 6.04. The Balaban J connectivity index is 1.76. The maximum Gasteiger partial charge on any atom is 0.251 e. The van der Waals surface area contributed by atoms with Crippen molar-refractivity contribution in [3.05, 3.63) is 89.5 Å². The van der Waals surface area contributed by atoms with Gasteiger partial charge in [0, 0.05) is 23.5 Å². The number of pyridine rings is 1. The van der Waals surface area contributed by atoms with E-state index in [-0.39, 0.29) is 11.9 Å². The Morgan fingerprint density at radius 1 is 1.04 bits per heavy atom. The first-order valence-corrected chi connectivity index (χ1v) is 8.12. The number of amides is 1. The molecule has 1 N–H and O–H groups in total. The van der Waals surface area contributed by atoms with Crippen LogP contribution in [0.4, 0.5) is 4.39 Å². The van der Waals surface area contributed by atoms with E-state index < -0.39 is 5.82 Å². The molecule has 3 aromatic rings. The predicted molar refractivity (Wildman–Crippen MR) is 96.7 cm³/mol. The van der Waals surface area contributed by atoms with E-state index in [0.29, 0.717) is 11.1 Å². The first-order valence-electron chi connectivity index (χ1n) is 8.12. The van der Waals surface area contributed by atoms with Gasteiger partial charge in [0.25, 0.3) is 5.91 Å². The van der Waals surface area contributed by atoms with Crippen LogP contribution in [0.25, 0.3) is 11.1 Å². The van der Waals surface area contributed by atoms with E-state index in [4.69, 9.17) is 0 Å². The summed E-state index contributed by atoms with van der Waals surface area (Å²) in [5.74, 6) is -0.727. The third kappa shape index (κ3) is 3.91. The van der Waals surface area contributed by atoms with Gasteiger partial charge >= 0.3 is 0 Å². The first-order chi connectivity index (χ1) is 12.0. The van der Waals surface area contributed by atoms with Gasteiger partial charge in [-0.05, 0) is 49.2 Å². The van der Waals surface area contributed by atoms with Crippen molar-refractivity contribution in [2.24, 2.45) is 0 Å². The number of rotatable bonds is 4. The van der Waals surface area contributed by atoms with E-state index >= 15 is 0 Å². The van der Waals surface area contributed by atoms with Crippen molar-refractivity contribution in [3.63, 3.8) is 0 Å². The molecule has 0 spiro atoms. The SMILES string of the molecule is Cc1ccc([C@@H](C)NC(=O)c2ccc(-c3ccncc3)c(F)c2)cc1. The number of carbonyl (C=O) groups is 1. The summed E-state index contributed by atoms with van der Waals surface area (Å²) < 4.78 is 14.4. The lowest BCUT2D eigenvalue weighted by Crippen LogP contribution is -2.26. The lowest BCUT2D eigenvalue weighted by atomic mass is 10.0. The third-order valence-electron chi connectivity index (χ3n) is 4.15. The van der Waals surface area contributed by atoms with Gasteiger partial charge < -0.3 is 5.32 Å². The molecule has 25 heavy (non-hydrogen) atoms. The number of halogens is 1. The van der Waals surface area contributed by atoms with Crippen LogP contribution in [0, 0.1) is 12.7 Å². The summed E-state index contributed by atoms with van der Waals surface area (Å²) in [4.78, 5) is 16.3. The quantitative estimate of drug-likeness (QED) is 0.752. The van der Waals surface area contributed by atoms with Gasteiger partial charge in [0.2, 0.25) is 0 Å². The summed E-state index contributed by atoms with van der Waals surface area (Å²) in [6, 6.07) is 15.8. The highest BCUT2D eigenvalue weighted by Gasteiger charge is 2.14. The topological polar surface area (TPSA) is 42.0 Å². The lowest BCUT2D eigenvalue weighted by molar-refractivity contribution is 0.0939. The summed E-state index contributed by atoms with van der Waals surface area (Å²) in [6.45, 7) is 3.92. The van der Waals surface area contributed by atoms with Gasteiger partial charge in [-0.15, -0.1) is 0 Å². The van der Waals surface area contributed by atoms with Gasteiger partial charge in [0.1, 0.15) is 5.82 Å². The van der Waals surface area contributed by atoms with E-state index in [0.717, 1.165) is 16.7 Å². The minimum Gasteiger partial charge on any atom is -0.346 e. The Hall–Kier alpha value is -3.01. The molecule has 0 unspecified atom stereocenters. The van der Waals surface area contributed by atoms with Crippen molar-refractivity contribution in [2.45, 2.75) is 19.9 Å². The minimum atomic E-state index is -0.429. The second kappa shape index (κ2) is 7.26. The molecule has 0 fully saturated rings. The van der Waals surface area contributed by atoms with Gasteiger partial charge in [0.05, 0.1) is 6.04 Å². The van der Waals surface area contributed by atoms with Crippen LogP contribution < -0.4 is 5.32 Å². The number of nitrogens with zero attached hydrogens (tertiary/aromatic N) is 1. The molecular formula is C21H19FN2O. The van der Waals surface area contributed by atoms with Gasteiger partial charge in [-0.25, -0.2) is 4.39 Å². The molecule has 126 valence electrons. The predicted octanol–water partition coefficient (Wildman–Crippen LogP) is 4.69. The van der Waals surface area contributed by atoms with Gasteiger partial charge in [-0.3, -0.25) is 9.78 Å². The molecule has 0 aliphatic rings. The summed E-state index contributed by atoms with van der Waals surface area (Å²) in [5, 5.41) is 2.90. The average molecular weight is 334 g/mol. The highest BCUT2D eigenvalue weighted by Crippen LogP contribution is 2.23. The zero-order chi connectivity index (χ0) is 17.8. The van der Waals surface area contributed by atoms with Crippen molar-refractivity contribution < 1.29 is 9.18 Å². The Bertz CT molecular complexity index is 876. The molecule has 3 nitrogen and oxygen atoms in total. The second-order valence-corrected chi connectivity index (χ2v) is 6.04. The minimum absolute atomic E-state index is 0.156. The average Bonchev–Trinajstić information content (AvgIpc) is 2.62. The highest BCUT2D eigenvalue weighted by molar-refractivity contribution is 5.95. The van der Waals surface area contributed by atoms with Crippen molar-refractivity contribution in [3.8, 4) is 11.1 Å². The standard InChI is InChI=1S/C21H19FN2O/c1-14-3-5-16(6-4-14)15(2)24-21(25)18-7-8-19(20(22)13-18)17-9-11-23-12-10-17/h3-13,15H,1-2H3,(H,24,25)/t15-/m1/s1. The molecule has 1 atom stereocenters. The molecule has 1 heterocycles. The number of carbonyl (C=O) groups excluding carboxylic acids is 1. The zero-order valence-electron chi connectivity index (χ0n) is 14.2. The maximum atomic E-state index is 14.4. The van der Waals surface area contributed by atoms with E-state index in [2.05, 4.69) is 10.3 Å². The largest absolute Gasteiger partial charge is 0.346 e. The fraction of sp³-hybridized carbons (Fsp3) is 0.143. The Kier molecular flexibility index (Phi) is 4.89. The molecule has 0 aliphatic heterocycles. The molecule has 0 bridgehead atoms. The molecule has 0 saturated heterocycles. The smallest absolute Gasteiger partial charge is 0.251 e. The van der Waals surface area contributed by atoms with Gasteiger partial charge in [-0.1, -0.05) is 35.9 Å². The summed E-state index contributed by atoms with van der Waals surface area (Å²) in [6.07, 6.45) is 3.22. The fourth-order valence-electron chi connectivity index (χ4n) is 2.64. The third-order valence-corrected chi connectivity index (χ3v) is 4.15. The summed E-state index contributed by atoms with van der Waals surface area (Å²) in [5.41, 5.74) is 3.65. The van der Waals surface area contributed by atoms with Crippen LogP contribution in [0.1, 0.15) is 34.5 Å². The molecule has 0 aliphatic carbocycles. The number of nitrogens with one attached hydrogen (secondary N) is 1.